The number of hydrogen-bond donors (Lipinski definition) is 0. The van der Waals surface area contributed by atoms with E-state index in [2.05, 4.69) is 18.1 Å². The first-order valence-corrected chi connectivity index (χ1v) is 3.57. The minimum atomic E-state index is 0.477. The molecule has 0 amide bonds. The van der Waals surface area contributed by atoms with Gasteiger partial charge in [0.25, 0.3) is 0 Å². The lowest BCUT2D eigenvalue weighted by Crippen LogP contribution is -1.85. The Kier molecular flexibility index (Phi) is 2.44. The van der Waals surface area contributed by atoms with Gasteiger partial charge in [-0.1, -0.05) is 30.8 Å². The maximum atomic E-state index is 5.66. The first-order valence-electron chi connectivity index (χ1n) is 3.19. The van der Waals surface area contributed by atoms with Gasteiger partial charge in [-0.25, -0.2) is 4.98 Å². The minimum absolute atomic E-state index is 0.477. The van der Waals surface area contributed by atoms with Crippen molar-refractivity contribution in [1.82, 2.24) is 4.98 Å². The fraction of sp³-hybridized carbons (Fsp3) is 0. The van der Waals surface area contributed by atoms with E-state index in [1.165, 1.54) is 0 Å². The molecule has 0 radical (unpaired) electrons. The molecular formula is C9H8ClN. The molecule has 0 atom stereocenters. The molecule has 0 aliphatic carbocycles. The molecule has 1 nitrogen and oxygen atoms in total. The maximum Gasteiger partial charge on any atom is 0.129 e. The molecule has 1 rings (SSSR count). The summed E-state index contributed by atoms with van der Waals surface area (Å²) in [5.74, 6) is 0. The van der Waals surface area contributed by atoms with Crippen LogP contribution in [0.15, 0.2) is 25.3 Å². The highest BCUT2D eigenvalue weighted by Gasteiger charge is 1.96. The monoisotopic (exact) mass is 165 g/mol. The number of rotatable bonds is 2. The molecule has 11 heavy (non-hydrogen) atoms. The minimum Gasteiger partial charge on any atom is -0.236 e. The smallest absolute Gasteiger partial charge is 0.129 e. The van der Waals surface area contributed by atoms with Crippen LogP contribution in [0.2, 0.25) is 5.15 Å². The van der Waals surface area contributed by atoms with Crippen LogP contribution in [0.5, 0.6) is 0 Å². The van der Waals surface area contributed by atoms with E-state index >= 15 is 0 Å². The average molecular weight is 166 g/mol. The van der Waals surface area contributed by atoms with Gasteiger partial charge < -0.3 is 0 Å². The third-order valence-electron chi connectivity index (χ3n) is 1.34. The van der Waals surface area contributed by atoms with Gasteiger partial charge in [0.1, 0.15) is 5.15 Å². The van der Waals surface area contributed by atoms with Crippen molar-refractivity contribution in [3.05, 3.63) is 41.7 Å². The van der Waals surface area contributed by atoms with E-state index in [1.807, 2.05) is 6.07 Å². The molecule has 0 aliphatic heterocycles. The molecule has 0 spiro atoms. The SMILES string of the molecule is C=Cc1ccc(Cl)nc1C=C. The summed E-state index contributed by atoms with van der Waals surface area (Å²) in [5.41, 5.74) is 1.72. The predicted molar refractivity (Wildman–Crippen MR) is 49.4 cm³/mol. The van der Waals surface area contributed by atoms with E-state index in [1.54, 1.807) is 18.2 Å². The first kappa shape index (κ1) is 8.02. The highest BCUT2D eigenvalue weighted by molar-refractivity contribution is 6.29. The summed E-state index contributed by atoms with van der Waals surface area (Å²) in [4.78, 5) is 4.04. The van der Waals surface area contributed by atoms with E-state index < -0.39 is 0 Å². The van der Waals surface area contributed by atoms with Gasteiger partial charge in [0.2, 0.25) is 0 Å². The average Bonchev–Trinajstić information content (AvgIpc) is 2.04. The topological polar surface area (TPSA) is 12.9 Å². The van der Waals surface area contributed by atoms with Crippen LogP contribution in [0.25, 0.3) is 12.2 Å². The zero-order chi connectivity index (χ0) is 8.27. The maximum absolute atomic E-state index is 5.66. The molecule has 56 valence electrons. The Hall–Kier alpha value is -1.08. The van der Waals surface area contributed by atoms with Crippen molar-refractivity contribution in [1.29, 1.82) is 0 Å². The van der Waals surface area contributed by atoms with E-state index in [4.69, 9.17) is 11.6 Å². The number of aromatic nitrogens is 1. The molecular weight excluding hydrogens is 158 g/mol. The fourth-order valence-electron chi connectivity index (χ4n) is 0.797. The first-order chi connectivity index (χ1) is 5.27. The third-order valence-corrected chi connectivity index (χ3v) is 1.55. The summed E-state index contributed by atoms with van der Waals surface area (Å²) in [5, 5.41) is 0.477. The molecule has 0 aromatic carbocycles. The van der Waals surface area contributed by atoms with Crippen molar-refractivity contribution in [2.45, 2.75) is 0 Å². The Labute approximate surface area is 71.0 Å². The summed E-state index contributed by atoms with van der Waals surface area (Å²) in [7, 11) is 0. The predicted octanol–water partition coefficient (Wildman–Crippen LogP) is 3.02. The molecule has 1 aromatic heterocycles. The lowest BCUT2D eigenvalue weighted by Gasteiger charge is -1.98. The van der Waals surface area contributed by atoms with E-state index in [9.17, 15) is 0 Å². The van der Waals surface area contributed by atoms with Crippen molar-refractivity contribution in [3.8, 4) is 0 Å². The van der Waals surface area contributed by atoms with Crippen LogP contribution in [0, 0.1) is 0 Å². The summed E-state index contributed by atoms with van der Waals surface area (Å²) < 4.78 is 0. The van der Waals surface area contributed by atoms with Crippen LogP contribution in [0.3, 0.4) is 0 Å². The molecule has 0 saturated carbocycles. The second kappa shape index (κ2) is 3.35. The largest absolute Gasteiger partial charge is 0.236 e. The van der Waals surface area contributed by atoms with Gasteiger partial charge in [0, 0.05) is 0 Å². The molecule has 0 N–H and O–H groups in total. The van der Waals surface area contributed by atoms with Crippen LogP contribution in [-0.2, 0) is 0 Å². The van der Waals surface area contributed by atoms with Crippen LogP contribution in [0.1, 0.15) is 11.3 Å². The zero-order valence-corrected chi connectivity index (χ0v) is 6.80. The number of nitrogens with zero attached hydrogens (tertiary/aromatic N) is 1. The molecule has 1 aromatic rings. The van der Waals surface area contributed by atoms with Crippen molar-refractivity contribution in [2.75, 3.05) is 0 Å². The second-order valence-electron chi connectivity index (χ2n) is 2.02. The Morgan fingerprint density at radius 2 is 2.00 bits per heavy atom. The van der Waals surface area contributed by atoms with E-state index in [0.717, 1.165) is 11.3 Å². The highest BCUT2D eigenvalue weighted by Crippen LogP contribution is 2.13. The molecule has 2 heteroatoms. The Morgan fingerprint density at radius 3 is 2.55 bits per heavy atom. The number of pyridine rings is 1. The lowest BCUT2D eigenvalue weighted by molar-refractivity contribution is 1.28. The summed E-state index contributed by atoms with van der Waals surface area (Å²) in [6, 6.07) is 3.59. The van der Waals surface area contributed by atoms with Gasteiger partial charge in [0.15, 0.2) is 0 Å². The van der Waals surface area contributed by atoms with E-state index in [0.29, 0.717) is 5.15 Å². The van der Waals surface area contributed by atoms with Gasteiger partial charge >= 0.3 is 0 Å². The molecule has 0 saturated heterocycles. The fourth-order valence-corrected chi connectivity index (χ4v) is 0.951. The van der Waals surface area contributed by atoms with Crippen molar-refractivity contribution in [2.24, 2.45) is 0 Å². The van der Waals surface area contributed by atoms with Crippen molar-refractivity contribution in [3.63, 3.8) is 0 Å². The standard InChI is InChI=1S/C9H8ClN/c1-3-7-5-6-9(10)11-8(7)4-2/h3-6H,1-2H2. The van der Waals surface area contributed by atoms with Gasteiger partial charge in [0.05, 0.1) is 5.69 Å². The molecule has 0 bridgehead atoms. The Bertz CT molecular complexity index is 292. The zero-order valence-electron chi connectivity index (χ0n) is 6.05. The van der Waals surface area contributed by atoms with Crippen LogP contribution >= 0.6 is 11.6 Å². The van der Waals surface area contributed by atoms with Gasteiger partial charge in [-0.05, 0) is 23.8 Å². The summed E-state index contributed by atoms with van der Waals surface area (Å²) in [6.07, 6.45) is 3.38. The molecule has 0 fully saturated rings. The number of hydrogen-bond acceptors (Lipinski definition) is 1. The van der Waals surface area contributed by atoms with Gasteiger partial charge in [-0.3, -0.25) is 0 Å². The van der Waals surface area contributed by atoms with Crippen molar-refractivity contribution < 1.29 is 0 Å². The summed E-state index contributed by atoms with van der Waals surface area (Å²) in [6.45, 7) is 7.25. The second-order valence-corrected chi connectivity index (χ2v) is 2.40. The van der Waals surface area contributed by atoms with Crippen LogP contribution in [0.4, 0.5) is 0 Å². The molecule has 1 heterocycles. The Balaban J connectivity index is 3.26. The molecule has 0 aliphatic rings. The molecule has 0 unspecified atom stereocenters. The quantitative estimate of drug-likeness (QED) is 0.614. The van der Waals surface area contributed by atoms with Crippen LogP contribution in [-0.4, -0.2) is 4.98 Å². The lowest BCUT2D eigenvalue weighted by atomic mass is 10.2. The summed E-state index contributed by atoms with van der Waals surface area (Å²) >= 11 is 5.66. The van der Waals surface area contributed by atoms with E-state index in [-0.39, 0.29) is 0 Å². The van der Waals surface area contributed by atoms with Gasteiger partial charge in [-0.15, -0.1) is 0 Å². The van der Waals surface area contributed by atoms with Crippen LogP contribution < -0.4 is 0 Å². The van der Waals surface area contributed by atoms with Crippen molar-refractivity contribution >= 4 is 23.8 Å². The normalized spacial score (nSPS) is 9.18. The third kappa shape index (κ3) is 1.69. The Morgan fingerprint density at radius 1 is 1.27 bits per heavy atom. The van der Waals surface area contributed by atoms with Gasteiger partial charge in [-0.2, -0.15) is 0 Å². The number of halogens is 1. The highest BCUT2D eigenvalue weighted by atomic mass is 35.5.